The Balaban J connectivity index is 2.06. The number of nitrogens with zero attached hydrogens (tertiary/aromatic N) is 3. The van der Waals surface area contributed by atoms with Crippen molar-refractivity contribution in [1.82, 2.24) is 10.2 Å². The Labute approximate surface area is 118 Å². The zero-order valence-corrected chi connectivity index (χ0v) is 12.8. The summed E-state index contributed by atoms with van der Waals surface area (Å²) in [6, 6.07) is 0. The molecule has 19 heavy (non-hydrogen) atoms. The molecule has 106 valence electrons. The van der Waals surface area contributed by atoms with Crippen molar-refractivity contribution in [2.24, 2.45) is 5.41 Å². The molecule has 1 atom stereocenters. The van der Waals surface area contributed by atoms with Crippen molar-refractivity contribution < 1.29 is 9.53 Å². The molecule has 2 rings (SSSR count). The highest BCUT2D eigenvalue weighted by Crippen LogP contribution is 2.36. The molecule has 0 amide bonds. The lowest BCUT2D eigenvalue weighted by atomic mass is 9.90. The average molecular weight is 283 g/mol. The molecule has 1 aliphatic heterocycles. The van der Waals surface area contributed by atoms with Gasteiger partial charge in [-0.3, -0.25) is 4.79 Å². The van der Waals surface area contributed by atoms with E-state index < -0.39 is 5.41 Å². The molecule has 1 saturated heterocycles. The van der Waals surface area contributed by atoms with Gasteiger partial charge in [0.15, 0.2) is 0 Å². The van der Waals surface area contributed by atoms with Crippen LogP contribution in [-0.4, -0.2) is 35.9 Å². The number of hydrogen-bond acceptors (Lipinski definition) is 6. The predicted molar refractivity (Wildman–Crippen MR) is 75.6 cm³/mol. The second kappa shape index (κ2) is 5.45. The molecule has 1 fully saturated rings. The van der Waals surface area contributed by atoms with Gasteiger partial charge in [-0.1, -0.05) is 25.2 Å². The van der Waals surface area contributed by atoms with Crippen molar-refractivity contribution >= 4 is 22.4 Å². The van der Waals surface area contributed by atoms with Gasteiger partial charge in [-0.2, -0.15) is 0 Å². The normalized spacial score (nSPS) is 23.1. The summed E-state index contributed by atoms with van der Waals surface area (Å²) in [5, 5.41) is 10.4. The lowest BCUT2D eigenvalue weighted by Gasteiger charge is -2.21. The lowest BCUT2D eigenvalue weighted by Crippen LogP contribution is -2.33. The van der Waals surface area contributed by atoms with Crippen molar-refractivity contribution in [3.05, 3.63) is 5.01 Å². The molecule has 1 unspecified atom stereocenters. The van der Waals surface area contributed by atoms with Crippen LogP contribution in [0.1, 0.15) is 45.0 Å². The fourth-order valence-electron chi connectivity index (χ4n) is 2.18. The van der Waals surface area contributed by atoms with Crippen molar-refractivity contribution in [3.8, 4) is 0 Å². The zero-order valence-electron chi connectivity index (χ0n) is 12.0. The first-order valence-corrected chi connectivity index (χ1v) is 7.53. The molecule has 0 aromatic carbocycles. The van der Waals surface area contributed by atoms with Crippen molar-refractivity contribution in [2.45, 2.75) is 40.0 Å². The second-order valence-corrected chi connectivity index (χ2v) is 6.52. The number of rotatable bonds is 4. The number of carbonyl (C=O) groups excluding carboxylic acids is 1. The van der Waals surface area contributed by atoms with E-state index in [1.165, 1.54) is 0 Å². The van der Waals surface area contributed by atoms with Gasteiger partial charge in [-0.05, 0) is 20.3 Å². The highest BCUT2D eigenvalue weighted by molar-refractivity contribution is 7.15. The Bertz CT molecular complexity index is 460. The van der Waals surface area contributed by atoms with E-state index >= 15 is 0 Å². The Morgan fingerprint density at radius 1 is 1.53 bits per heavy atom. The summed E-state index contributed by atoms with van der Waals surface area (Å²) in [7, 11) is 0. The molecular formula is C13H21N3O2S. The summed E-state index contributed by atoms with van der Waals surface area (Å²) in [6.45, 7) is 9.96. The molecule has 0 N–H and O–H groups in total. The molecule has 0 bridgehead atoms. The van der Waals surface area contributed by atoms with E-state index in [4.69, 9.17) is 4.74 Å². The average Bonchev–Trinajstić information content (AvgIpc) is 2.96. The van der Waals surface area contributed by atoms with E-state index in [1.807, 2.05) is 13.8 Å². The van der Waals surface area contributed by atoms with Crippen molar-refractivity contribution in [2.75, 3.05) is 24.6 Å². The SMILES string of the molecule is CCOC(=O)C1(C)CCN(c2nnc(C(C)C)s2)C1. The van der Waals surface area contributed by atoms with E-state index in [1.54, 1.807) is 11.3 Å². The van der Waals surface area contributed by atoms with Gasteiger partial charge >= 0.3 is 5.97 Å². The van der Waals surface area contributed by atoms with Gasteiger partial charge in [0.25, 0.3) is 0 Å². The monoisotopic (exact) mass is 283 g/mol. The highest BCUT2D eigenvalue weighted by Gasteiger charge is 2.42. The minimum Gasteiger partial charge on any atom is -0.466 e. The first-order chi connectivity index (χ1) is 8.96. The third-order valence-corrected chi connectivity index (χ3v) is 4.72. The summed E-state index contributed by atoms with van der Waals surface area (Å²) in [6.07, 6.45) is 0.808. The third-order valence-electron chi connectivity index (χ3n) is 3.44. The first-order valence-electron chi connectivity index (χ1n) is 6.72. The summed E-state index contributed by atoms with van der Waals surface area (Å²) in [5.41, 5.74) is -0.417. The molecule has 2 heterocycles. The van der Waals surface area contributed by atoms with E-state index in [-0.39, 0.29) is 5.97 Å². The molecular weight excluding hydrogens is 262 g/mol. The Hall–Kier alpha value is -1.17. The van der Waals surface area contributed by atoms with Crippen LogP contribution in [0.4, 0.5) is 5.13 Å². The highest BCUT2D eigenvalue weighted by atomic mass is 32.1. The third kappa shape index (κ3) is 2.88. The molecule has 1 aliphatic rings. The smallest absolute Gasteiger partial charge is 0.313 e. The van der Waals surface area contributed by atoms with Gasteiger partial charge in [0.1, 0.15) is 5.01 Å². The minimum absolute atomic E-state index is 0.105. The fraction of sp³-hybridized carbons (Fsp3) is 0.769. The number of aromatic nitrogens is 2. The quantitative estimate of drug-likeness (QED) is 0.794. The number of carbonyl (C=O) groups is 1. The fourth-order valence-corrected chi connectivity index (χ4v) is 3.05. The second-order valence-electron chi connectivity index (χ2n) is 5.53. The first kappa shape index (κ1) is 14.2. The van der Waals surface area contributed by atoms with E-state index in [0.29, 0.717) is 19.1 Å². The van der Waals surface area contributed by atoms with Crippen LogP contribution in [0, 0.1) is 5.41 Å². The molecule has 0 radical (unpaired) electrons. The molecule has 0 spiro atoms. The number of ether oxygens (including phenoxy) is 1. The maximum atomic E-state index is 12.0. The summed E-state index contributed by atoms with van der Waals surface area (Å²) >= 11 is 1.62. The number of anilines is 1. The van der Waals surface area contributed by atoms with Gasteiger partial charge < -0.3 is 9.64 Å². The number of hydrogen-bond donors (Lipinski definition) is 0. The van der Waals surface area contributed by atoms with Gasteiger partial charge in [-0.25, -0.2) is 0 Å². The topological polar surface area (TPSA) is 55.3 Å². The maximum Gasteiger partial charge on any atom is 0.313 e. The van der Waals surface area contributed by atoms with Gasteiger partial charge in [0.2, 0.25) is 5.13 Å². The Kier molecular flexibility index (Phi) is 4.08. The van der Waals surface area contributed by atoms with Crippen LogP contribution < -0.4 is 4.90 Å². The maximum absolute atomic E-state index is 12.0. The van der Waals surface area contributed by atoms with Gasteiger partial charge in [0, 0.05) is 19.0 Å². The van der Waals surface area contributed by atoms with Crippen LogP contribution >= 0.6 is 11.3 Å². The largest absolute Gasteiger partial charge is 0.466 e. The molecule has 1 aromatic heterocycles. The van der Waals surface area contributed by atoms with Crippen LogP contribution in [0.3, 0.4) is 0 Å². The summed E-state index contributed by atoms with van der Waals surface area (Å²) in [5.74, 6) is 0.288. The van der Waals surface area contributed by atoms with E-state index in [2.05, 4.69) is 28.9 Å². The zero-order chi connectivity index (χ0) is 14.0. The molecule has 0 saturated carbocycles. The Morgan fingerprint density at radius 3 is 2.84 bits per heavy atom. The van der Waals surface area contributed by atoms with Crippen LogP contribution in [0.5, 0.6) is 0 Å². The molecule has 0 aliphatic carbocycles. The molecule has 1 aromatic rings. The van der Waals surface area contributed by atoms with E-state index in [9.17, 15) is 4.79 Å². The molecule has 5 nitrogen and oxygen atoms in total. The van der Waals surface area contributed by atoms with Gasteiger partial charge in [0.05, 0.1) is 12.0 Å². The van der Waals surface area contributed by atoms with Crippen LogP contribution in [0.2, 0.25) is 0 Å². The minimum atomic E-state index is -0.417. The summed E-state index contributed by atoms with van der Waals surface area (Å²) in [4.78, 5) is 14.1. The standard InChI is InChI=1S/C13H21N3O2S/c1-5-18-11(17)13(4)6-7-16(8-13)12-15-14-10(19-12)9(2)3/h9H,5-8H2,1-4H3. The predicted octanol–water partition coefficient (Wildman–Crippen LogP) is 2.44. The van der Waals surface area contributed by atoms with Gasteiger partial charge in [-0.15, -0.1) is 10.2 Å². The van der Waals surface area contributed by atoms with Crippen LogP contribution in [-0.2, 0) is 9.53 Å². The van der Waals surface area contributed by atoms with E-state index in [0.717, 1.165) is 23.1 Å². The Morgan fingerprint density at radius 2 is 2.26 bits per heavy atom. The van der Waals surface area contributed by atoms with Crippen molar-refractivity contribution in [3.63, 3.8) is 0 Å². The lowest BCUT2D eigenvalue weighted by molar-refractivity contribution is -0.153. The summed E-state index contributed by atoms with van der Waals surface area (Å²) < 4.78 is 5.16. The number of esters is 1. The van der Waals surface area contributed by atoms with Crippen LogP contribution in [0.25, 0.3) is 0 Å². The molecule has 6 heteroatoms. The van der Waals surface area contributed by atoms with Crippen LogP contribution in [0.15, 0.2) is 0 Å². The van der Waals surface area contributed by atoms with Crippen molar-refractivity contribution in [1.29, 1.82) is 0 Å².